The van der Waals surface area contributed by atoms with Crippen molar-refractivity contribution in [1.82, 2.24) is 4.98 Å². The Hall–Kier alpha value is -0.970. The van der Waals surface area contributed by atoms with E-state index in [4.69, 9.17) is 40.5 Å². The Labute approximate surface area is 114 Å². The van der Waals surface area contributed by atoms with Crippen molar-refractivity contribution in [3.05, 3.63) is 30.1 Å². The molecule has 92 valence electrons. The topological polar surface area (TPSA) is 68.0 Å². The SMILES string of the molecule is C/C(=C\C(=O)C(Cl)(Cl)Cl)Nc1cccnc1N. The molecule has 17 heavy (non-hydrogen) atoms. The number of alkyl halides is 3. The fourth-order valence-corrected chi connectivity index (χ4v) is 1.21. The molecular formula is C10H10Cl3N3O. The first kappa shape index (κ1) is 14.1. The van der Waals surface area contributed by atoms with E-state index in [0.717, 1.165) is 0 Å². The van der Waals surface area contributed by atoms with E-state index in [1.165, 1.54) is 6.08 Å². The number of nitrogens with two attached hydrogens (primary N) is 1. The summed E-state index contributed by atoms with van der Waals surface area (Å²) >= 11 is 16.3. The molecule has 0 bridgehead atoms. The van der Waals surface area contributed by atoms with Gasteiger partial charge in [0.2, 0.25) is 5.78 Å². The molecular weight excluding hydrogens is 284 g/mol. The van der Waals surface area contributed by atoms with Crippen molar-refractivity contribution < 1.29 is 4.79 Å². The number of allylic oxidation sites excluding steroid dienone is 2. The summed E-state index contributed by atoms with van der Waals surface area (Å²) < 4.78 is -1.95. The van der Waals surface area contributed by atoms with E-state index in [9.17, 15) is 4.79 Å². The summed E-state index contributed by atoms with van der Waals surface area (Å²) in [4.78, 5) is 15.3. The molecule has 0 amide bonds. The number of hydrogen-bond acceptors (Lipinski definition) is 4. The number of carbonyl (C=O) groups is 1. The van der Waals surface area contributed by atoms with Crippen LogP contribution in [-0.2, 0) is 4.79 Å². The van der Waals surface area contributed by atoms with Gasteiger partial charge in [-0.3, -0.25) is 4.79 Å². The van der Waals surface area contributed by atoms with Crippen molar-refractivity contribution in [1.29, 1.82) is 0 Å². The van der Waals surface area contributed by atoms with Crippen LogP contribution in [0.3, 0.4) is 0 Å². The Bertz CT molecular complexity index is 454. The number of carbonyl (C=O) groups excluding carboxylic acids is 1. The number of nitrogen functional groups attached to an aromatic ring is 1. The molecule has 0 saturated heterocycles. The molecule has 0 aliphatic heterocycles. The van der Waals surface area contributed by atoms with Crippen LogP contribution < -0.4 is 11.1 Å². The number of nitrogens with one attached hydrogen (secondary N) is 1. The lowest BCUT2D eigenvalue weighted by Gasteiger charge is -2.10. The summed E-state index contributed by atoms with van der Waals surface area (Å²) in [6.45, 7) is 1.65. The van der Waals surface area contributed by atoms with Gasteiger partial charge in [0.05, 0.1) is 5.69 Å². The van der Waals surface area contributed by atoms with Crippen LogP contribution in [0, 0.1) is 0 Å². The van der Waals surface area contributed by atoms with Crippen LogP contribution in [0.2, 0.25) is 0 Å². The van der Waals surface area contributed by atoms with E-state index in [2.05, 4.69) is 10.3 Å². The summed E-state index contributed by atoms with van der Waals surface area (Å²) in [6, 6.07) is 3.43. The third-order valence-corrected chi connectivity index (χ3v) is 2.36. The van der Waals surface area contributed by atoms with E-state index >= 15 is 0 Å². The van der Waals surface area contributed by atoms with E-state index < -0.39 is 9.58 Å². The van der Waals surface area contributed by atoms with Crippen LogP contribution >= 0.6 is 34.8 Å². The normalized spacial score (nSPS) is 12.4. The Kier molecular flexibility index (Phi) is 4.62. The number of pyridine rings is 1. The van der Waals surface area contributed by atoms with E-state index in [1.807, 2.05) is 0 Å². The predicted molar refractivity (Wildman–Crippen MR) is 71.3 cm³/mol. The van der Waals surface area contributed by atoms with Gasteiger partial charge in [-0.1, -0.05) is 34.8 Å². The van der Waals surface area contributed by atoms with Crippen molar-refractivity contribution in [2.45, 2.75) is 10.7 Å². The van der Waals surface area contributed by atoms with Crippen molar-refractivity contribution >= 4 is 52.1 Å². The molecule has 1 heterocycles. The molecule has 1 aromatic rings. The summed E-state index contributed by atoms with van der Waals surface area (Å²) in [6.07, 6.45) is 2.76. The highest BCUT2D eigenvalue weighted by molar-refractivity contribution is 6.77. The van der Waals surface area contributed by atoms with Gasteiger partial charge in [-0.05, 0) is 19.1 Å². The second-order valence-corrected chi connectivity index (χ2v) is 5.53. The molecule has 0 unspecified atom stereocenters. The number of anilines is 2. The van der Waals surface area contributed by atoms with Gasteiger partial charge in [0.25, 0.3) is 3.79 Å². The van der Waals surface area contributed by atoms with Gasteiger partial charge in [0.15, 0.2) is 0 Å². The zero-order valence-electron chi connectivity index (χ0n) is 8.88. The smallest absolute Gasteiger partial charge is 0.252 e. The quantitative estimate of drug-likeness (QED) is 0.664. The van der Waals surface area contributed by atoms with Crippen molar-refractivity contribution in [2.75, 3.05) is 11.1 Å². The zero-order chi connectivity index (χ0) is 13.1. The summed E-state index contributed by atoms with van der Waals surface area (Å²) in [7, 11) is 0. The van der Waals surface area contributed by atoms with Crippen molar-refractivity contribution in [2.24, 2.45) is 0 Å². The fourth-order valence-electron chi connectivity index (χ4n) is 1.05. The van der Waals surface area contributed by atoms with E-state index in [-0.39, 0.29) is 0 Å². The molecule has 1 aromatic heterocycles. The van der Waals surface area contributed by atoms with Gasteiger partial charge in [-0.15, -0.1) is 0 Å². The lowest BCUT2D eigenvalue weighted by molar-refractivity contribution is -0.113. The third kappa shape index (κ3) is 4.42. The molecule has 0 fully saturated rings. The maximum atomic E-state index is 11.4. The van der Waals surface area contributed by atoms with Crippen molar-refractivity contribution in [3.8, 4) is 0 Å². The Morgan fingerprint density at radius 2 is 2.18 bits per heavy atom. The zero-order valence-corrected chi connectivity index (χ0v) is 11.1. The van der Waals surface area contributed by atoms with Crippen LogP contribution in [0.5, 0.6) is 0 Å². The lowest BCUT2D eigenvalue weighted by Crippen LogP contribution is -2.17. The maximum absolute atomic E-state index is 11.4. The third-order valence-electron chi connectivity index (χ3n) is 1.80. The second-order valence-electron chi connectivity index (χ2n) is 3.25. The molecule has 0 atom stereocenters. The first-order chi connectivity index (χ1) is 7.80. The number of aromatic nitrogens is 1. The molecule has 0 aliphatic carbocycles. The minimum atomic E-state index is -1.95. The van der Waals surface area contributed by atoms with Gasteiger partial charge in [-0.25, -0.2) is 4.98 Å². The molecule has 7 heteroatoms. The van der Waals surface area contributed by atoms with E-state index in [1.54, 1.807) is 25.3 Å². The molecule has 0 saturated carbocycles. The fraction of sp³-hybridized carbons (Fsp3) is 0.200. The maximum Gasteiger partial charge on any atom is 0.252 e. The average Bonchev–Trinajstić information content (AvgIpc) is 2.20. The minimum absolute atomic E-state index is 0.321. The highest BCUT2D eigenvalue weighted by Crippen LogP contribution is 2.28. The number of hydrogen-bond donors (Lipinski definition) is 2. The van der Waals surface area contributed by atoms with E-state index in [0.29, 0.717) is 17.2 Å². The van der Waals surface area contributed by atoms with Gasteiger partial charge < -0.3 is 11.1 Å². The Morgan fingerprint density at radius 1 is 1.53 bits per heavy atom. The van der Waals surface area contributed by atoms with Crippen LogP contribution in [0.25, 0.3) is 0 Å². The van der Waals surface area contributed by atoms with Crippen LogP contribution in [-0.4, -0.2) is 14.6 Å². The standard InChI is InChI=1S/C10H10Cl3N3O/c1-6(5-8(17)10(11,12)13)16-7-3-2-4-15-9(7)14/h2-5,16H,1H3,(H2,14,15)/b6-5+. The lowest BCUT2D eigenvalue weighted by atomic mass is 10.3. The molecule has 0 spiro atoms. The summed E-state index contributed by atoms with van der Waals surface area (Å²) in [5.41, 5.74) is 6.70. The Morgan fingerprint density at radius 3 is 2.71 bits per heavy atom. The number of ketones is 1. The number of rotatable bonds is 3. The first-order valence-corrected chi connectivity index (χ1v) is 5.71. The highest BCUT2D eigenvalue weighted by Gasteiger charge is 2.28. The summed E-state index contributed by atoms with van der Waals surface area (Å²) in [5.74, 6) is -0.309. The second kappa shape index (κ2) is 5.58. The van der Waals surface area contributed by atoms with Gasteiger partial charge in [0, 0.05) is 18.0 Å². The monoisotopic (exact) mass is 293 g/mol. The average molecular weight is 295 g/mol. The van der Waals surface area contributed by atoms with Gasteiger partial charge in [0.1, 0.15) is 5.82 Å². The minimum Gasteiger partial charge on any atom is -0.382 e. The largest absolute Gasteiger partial charge is 0.382 e. The number of halogens is 3. The van der Waals surface area contributed by atoms with Crippen LogP contribution in [0.15, 0.2) is 30.1 Å². The molecule has 0 radical (unpaired) electrons. The van der Waals surface area contributed by atoms with Gasteiger partial charge in [-0.2, -0.15) is 0 Å². The van der Waals surface area contributed by atoms with Crippen LogP contribution in [0.1, 0.15) is 6.92 Å². The molecule has 4 nitrogen and oxygen atoms in total. The molecule has 0 aliphatic rings. The predicted octanol–water partition coefficient (Wildman–Crippen LogP) is 2.92. The van der Waals surface area contributed by atoms with Crippen LogP contribution in [0.4, 0.5) is 11.5 Å². The Balaban J connectivity index is 2.80. The first-order valence-electron chi connectivity index (χ1n) is 4.57. The molecule has 1 rings (SSSR count). The van der Waals surface area contributed by atoms with Gasteiger partial charge >= 0.3 is 0 Å². The molecule has 0 aromatic carbocycles. The van der Waals surface area contributed by atoms with Crippen molar-refractivity contribution in [3.63, 3.8) is 0 Å². The highest BCUT2D eigenvalue weighted by atomic mass is 35.6. The number of nitrogens with zero attached hydrogens (tertiary/aromatic N) is 1. The summed E-state index contributed by atoms with van der Waals surface area (Å²) in [5, 5.41) is 2.89. The molecule has 3 N–H and O–H groups in total.